The van der Waals surface area contributed by atoms with E-state index in [-0.39, 0.29) is 12.3 Å². The highest BCUT2D eigenvalue weighted by Crippen LogP contribution is 2.13. The van der Waals surface area contributed by atoms with Crippen LogP contribution in [0.3, 0.4) is 0 Å². The van der Waals surface area contributed by atoms with Gasteiger partial charge in [-0.1, -0.05) is 6.92 Å². The van der Waals surface area contributed by atoms with Crippen LogP contribution in [0.25, 0.3) is 0 Å². The van der Waals surface area contributed by atoms with E-state index < -0.39 is 0 Å². The summed E-state index contributed by atoms with van der Waals surface area (Å²) >= 11 is 0. The topological polar surface area (TPSA) is 55.8 Å². The van der Waals surface area contributed by atoms with Crippen LogP contribution >= 0.6 is 0 Å². The minimum absolute atomic E-state index is 0.0576. The minimum Gasteiger partial charge on any atom is -0.494 e. The first-order valence-corrected chi connectivity index (χ1v) is 6.65. The van der Waals surface area contributed by atoms with Gasteiger partial charge in [0.1, 0.15) is 5.75 Å². The molecular weight excluding hydrogens is 258 g/mol. The first-order chi connectivity index (χ1) is 9.71. The Labute approximate surface area is 119 Å². The van der Waals surface area contributed by atoms with Gasteiger partial charge in [0.05, 0.1) is 19.8 Å². The molecule has 0 radical (unpaired) electrons. The zero-order valence-corrected chi connectivity index (χ0v) is 12.0. The molecular formula is C15H21NO4. The monoisotopic (exact) mass is 279 g/mol. The molecule has 0 unspecified atom stereocenters. The molecule has 0 fully saturated rings. The fraction of sp³-hybridized carbons (Fsp3) is 0.467. The number of rotatable bonds is 10. The highest BCUT2D eigenvalue weighted by Gasteiger charge is 2.11. The third kappa shape index (κ3) is 5.40. The molecule has 0 aliphatic rings. The maximum atomic E-state index is 12.0. The van der Waals surface area contributed by atoms with E-state index in [1.54, 1.807) is 31.4 Å². The zero-order valence-electron chi connectivity index (χ0n) is 12.0. The summed E-state index contributed by atoms with van der Waals surface area (Å²) in [6.07, 6.45) is 1.60. The van der Waals surface area contributed by atoms with Crippen LogP contribution in [0.1, 0.15) is 23.7 Å². The van der Waals surface area contributed by atoms with E-state index in [9.17, 15) is 9.59 Å². The number of hydrogen-bond acceptors (Lipinski definition) is 4. The molecule has 0 heterocycles. The molecule has 1 aromatic rings. The quantitative estimate of drug-likeness (QED) is 0.484. The maximum Gasteiger partial charge on any atom is 0.210 e. The first kappa shape index (κ1) is 16.2. The van der Waals surface area contributed by atoms with E-state index in [0.717, 1.165) is 12.2 Å². The van der Waals surface area contributed by atoms with Crippen molar-refractivity contribution in [1.29, 1.82) is 0 Å². The summed E-state index contributed by atoms with van der Waals surface area (Å²) in [5.74, 6) is 0.644. The Morgan fingerprint density at radius 3 is 2.50 bits per heavy atom. The molecule has 1 aromatic carbocycles. The van der Waals surface area contributed by atoms with E-state index in [0.29, 0.717) is 31.7 Å². The van der Waals surface area contributed by atoms with Gasteiger partial charge in [-0.15, -0.1) is 0 Å². The molecule has 0 spiro atoms. The van der Waals surface area contributed by atoms with E-state index in [4.69, 9.17) is 9.47 Å². The van der Waals surface area contributed by atoms with Crippen molar-refractivity contribution in [2.75, 3.05) is 33.4 Å². The lowest BCUT2D eigenvalue weighted by atomic mass is 10.1. The Morgan fingerprint density at radius 2 is 1.95 bits per heavy atom. The number of ether oxygens (including phenoxy) is 2. The van der Waals surface area contributed by atoms with Crippen molar-refractivity contribution >= 4 is 12.2 Å². The predicted octanol–water partition coefficient (Wildman–Crippen LogP) is 1.76. The molecule has 20 heavy (non-hydrogen) atoms. The normalized spacial score (nSPS) is 10.1. The molecule has 0 aliphatic heterocycles. The van der Waals surface area contributed by atoms with Gasteiger partial charge in [-0.25, -0.2) is 0 Å². The van der Waals surface area contributed by atoms with Crippen LogP contribution in [0.2, 0.25) is 0 Å². The van der Waals surface area contributed by atoms with Gasteiger partial charge in [-0.2, -0.15) is 0 Å². The second kappa shape index (κ2) is 9.09. The molecule has 0 atom stereocenters. The molecule has 5 nitrogen and oxygen atoms in total. The molecule has 0 bridgehead atoms. The lowest BCUT2D eigenvalue weighted by Crippen LogP contribution is -2.31. The van der Waals surface area contributed by atoms with Crippen molar-refractivity contribution in [2.24, 2.45) is 0 Å². The number of hydrogen-bond donors (Lipinski definition) is 0. The fourth-order valence-electron chi connectivity index (χ4n) is 1.61. The summed E-state index contributed by atoms with van der Waals surface area (Å²) in [5.41, 5.74) is 0.568. The summed E-state index contributed by atoms with van der Waals surface area (Å²) in [5, 5.41) is 0. The molecule has 0 saturated heterocycles. The molecule has 5 heteroatoms. The molecule has 0 aromatic heterocycles. The highest BCUT2D eigenvalue weighted by atomic mass is 16.5. The fourth-order valence-corrected chi connectivity index (χ4v) is 1.61. The van der Waals surface area contributed by atoms with Crippen molar-refractivity contribution in [3.8, 4) is 5.75 Å². The van der Waals surface area contributed by atoms with Gasteiger partial charge in [0.15, 0.2) is 5.78 Å². The van der Waals surface area contributed by atoms with Gasteiger partial charge in [-0.3, -0.25) is 9.59 Å². The molecule has 1 rings (SSSR count). The average molecular weight is 279 g/mol. The van der Waals surface area contributed by atoms with Crippen LogP contribution in [0.5, 0.6) is 5.75 Å². The van der Waals surface area contributed by atoms with Crippen LogP contribution in [-0.2, 0) is 9.53 Å². The van der Waals surface area contributed by atoms with Crippen LogP contribution in [0.15, 0.2) is 24.3 Å². The van der Waals surface area contributed by atoms with Crippen molar-refractivity contribution in [3.63, 3.8) is 0 Å². The van der Waals surface area contributed by atoms with Crippen molar-refractivity contribution in [3.05, 3.63) is 29.8 Å². The first-order valence-electron chi connectivity index (χ1n) is 6.65. The van der Waals surface area contributed by atoms with Gasteiger partial charge >= 0.3 is 0 Å². The number of benzene rings is 1. The van der Waals surface area contributed by atoms with Crippen LogP contribution < -0.4 is 4.74 Å². The van der Waals surface area contributed by atoms with Crippen molar-refractivity contribution < 1.29 is 19.1 Å². The maximum absolute atomic E-state index is 12.0. The Morgan fingerprint density at radius 1 is 1.25 bits per heavy atom. The number of ketones is 1. The number of carbonyl (C=O) groups excluding carboxylic acids is 2. The zero-order chi connectivity index (χ0) is 14.8. The summed E-state index contributed by atoms with van der Waals surface area (Å²) in [6.45, 7) is 3.57. The standard InChI is InChI=1S/C15H21NO4/c1-3-9-20-14-6-4-13(5-7-14)15(18)11-16(12-17)8-10-19-2/h4-7,12H,3,8-11H2,1-2H3. The molecule has 110 valence electrons. The Hall–Kier alpha value is -1.88. The number of amides is 1. The largest absolute Gasteiger partial charge is 0.494 e. The summed E-state index contributed by atoms with van der Waals surface area (Å²) in [7, 11) is 1.56. The van der Waals surface area contributed by atoms with Gasteiger partial charge in [0.25, 0.3) is 0 Å². The van der Waals surface area contributed by atoms with E-state index >= 15 is 0 Å². The Kier molecular flexibility index (Phi) is 7.35. The summed E-state index contributed by atoms with van der Waals surface area (Å²) in [6, 6.07) is 6.96. The SMILES string of the molecule is CCCOc1ccc(C(=O)CN(C=O)CCOC)cc1. The average Bonchev–Trinajstić information content (AvgIpc) is 2.49. The highest BCUT2D eigenvalue weighted by molar-refractivity contribution is 5.98. The summed E-state index contributed by atoms with van der Waals surface area (Å²) < 4.78 is 10.3. The second-order valence-electron chi connectivity index (χ2n) is 4.36. The number of carbonyl (C=O) groups is 2. The Bertz CT molecular complexity index is 416. The lowest BCUT2D eigenvalue weighted by molar-refractivity contribution is -0.118. The lowest BCUT2D eigenvalue weighted by Gasteiger charge is -2.15. The van der Waals surface area contributed by atoms with Crippen LogP contribution in [0, 0.1) is 0 Å². The molecule has 0 saturated carbocycles. The van der Waals surface area contributed by atoms with E-state index in [2.05, 4.69) is 0 Å². The van der Waals surface area contributed by atoms with Gasteiger partial charge in [0, 0.05) is 19.2 Å². The van der Waals surface area contributed by atoms with Gasteiger partial charge < -0.3 is 14.4 Å². The molecule has 1 amide bonds. The van der Waals surface area contributed by atoms with Gasteiger partial charge in [-0.05, 0) is 30.7 Å². The number of Topliss-reactive ketones (excluding diaryl/α,β-unsaturated/α-hetero) is 1. The smallest absolute Gasteiger partial charge is 0.210 e. The molecule has 0 N–H and O–H groups in total. The van der Waals surface area contributed by atoms with E-state index in [1.807, 2.05) is 6.92 Å². The predicted molar refractivity (Wildman–Crippen MR) is 76.1 cm³/mol. The van der Waals surface area contributed by atoms with Crippen molar-refractivity contribution in [2.45, 2.75) is 13.3 Å². The molecule has 0 aliphatic carbocycles. The Balaban J connectivity index is 2.55. The third-order valence-electron chi connectivity index (χ3n) is 2.73. The van der Waals surface area contributed by atoms with Crippen LogP contribution in [0.4, 0.5) is 0 Å². The van der Waals surface area contributed by atoms with Crippen LogP contribution in [-0.4, -0.2) is 50.5 Å². The summed E-state index contributed by atoms with van der Waals surface area (Å²) in [4.78, 5) is 24.3. The minimum atomic E-state index is -0.102. The second-order valence-corrected chi connectivity index (χ2v) is 4.36. The number of nitrogens with zero attached hydrogens (tertiary/aromatic N) is 1. The van der Waals surface area contributed by atoms with E-state index in [1.165, 1.54) is 4.90 Å². The number of methoxy groups -OCH3 is 1. The van der Waals surface area contributed by atoms with Crippen molar-refractivity contribution in [1.82, 2.24) is 4.90 Å². The van der Waals surface area contributed by atoms with Gasteiger partial charge in [0.2, 0.25) is 6.41 Å². The third-order valence-corrected chi connectivity index (χ3v) is 2.73.